The minimum absolute atomic E-state index is 0.0460. The molecule has 18 aromatic rings. The summed E-state index contributed by atoms with van der Waals surface area (Å²) in [5.41, 5.74) is 53.9. The van der Waals surface area contributed by atoms with Crippen LogP contribution in [0, 0.1) is 0 Å². The quantitative estimate of drug-likeness (QED) is 0.0447. The Labute approximate surface area is 825 Å². The Morgan fingerprint density at radius 2 is 0.446 bits per heavy atom. The summed E-state index contributed by atoms with van der Waals surface area (Å²) >= 11 is 0. The summed E-state index contributed by atoms with van der Waals surface area (Å²) in [6, 6.07) is 127. The molecular formula is C137H130N2. The second-order valence-corrected chi connectivity index (χ2v) is 44.3. The van der Waals surface area contributed by atoms with E-state index in [2.05, 4.69) is 409 Å². The summed E-state index contributed by atoms with van der Waals surface area (Å²) in [5, 5.41) is 4.80. The molecule has 0 spiro atoms. The van der Waals surface area contributed by atoms with Crippen LogP contribution in [0.1, 0.15) is 278 Å². The second kappa shape index (κ2) is 34.4. The zero-order valence-corrected chi connectivity index (χ0v) is 83.7. The van der Waals surface area contributed by atoms with Gasteiger partial charge in [0.2, 0.25) is 0 Å². The van der Waals surface area contributed by atoms with Gasteiger partial charge in [0.05, 0.1) is 16.7 Å². The van der Waals surface area contributed by atoms with Crippen LogP contribution in [0.2, 0.25) is 0 Å². The molecule has 0 saturated heterocycles. The van der Waals surface area contributed by atoms with Crippen molar-refractivity contribution in [2.45, 2.75) is 244 Å². The fourth-order valence-electron chi connectivity index (χ4n) is 27.2. The predicted molar refractivity (Wildman–Crippen MR) is 592 cm³/mol. The van der Waals surface area contributed by atoms with Crippen molar-refractivity contribution in [3.05, 3.63) is 394 Å². The Kier molecular flexibility index (Phi) is 21.9. The minimum atomic E-state index is -0.255. The lowest BCUT2D eigenvalue weighted by Crippen LogP contribution is -2.25. The highest BCUT2D eigenvalue weighted by Gasteiger charge is 2.47. The van der Waals surface area contributed by atoms with Crippen LogP contribution in [0.3, 0.4) is 0 Å². The van der Waals surface area contributed by atoms with Gasteiger partial charge in [0.15, 0.2) is 0 Å². The van der Waals surface area contributed by atoms with E-state index in [1.165, 1.54) is 334 Å². The second-order valence-electron chi connectivity index (χ2n) is 44.3. The molecule has 16 aromatic carbocycles. The van der Waals surface area contributed by atoms with Crippen molar-refractivity contribution in [1.82, 2.24) is 9.55 Å². The first-order valence-electron chi connectivity index (χ1n) is 52.9. The van der Waals surface area contributed by atoms with E-state index >= 15 is 0 Å². The fraction of sp³-hybridized carbons (Fsp3) is 0.277. The number of aromatic nitrogens is 2. The lowest BCUT2D eigenvalue weighted by molar-refractivity contribution is 0.401. The maximum absolute atomic E-state index is 4.97. The summed E-state index contributed by atoms with van der Waals surface area (Å²) in [5.74, 6) is 0. The van der Waals surface area contributed by atoms with Crippen LogP contribution in [0.5, 0.6) is 0 Å². The Morgan fingerprint density at radius 1 is 0.201 bits per heavy atom. The average Bonchev–Trinajstić information content (AvgIpc) is 1.56. The molecule has 688 valence electrons. The lowest BCUT2D eigenvalue weighted by Gasteiger charge is -2.33. The van der Waals surface area contributed by atoms with E-state index in [1.807, 2.05) is 6.20 Å². The monoisotopic (exact) mass is 1800 g/mol. The van der Waals surface area contributed by atoms with Crippen molar-refractivity contribution in [2.24, 2.45) is 0 Å². The number of unbranched alkanes of at least 4 members (excludes halogenated alkanes) is 12. The molecule has 0 N–H and O–H groups in total. The van der Waals surface area contributed by atoms with Gasteiger partial charge in [0.25, 0.3) is 0 Å². The lowest BCUT2D eigenvalue weighted by atomic mass is 9.70. The molecule has 0 fully saturated rings. The largest absolute Gasteiger partial charge is 0.309 e. The van der Waals surface area contributed by atoms with Crippen molar-refractivity contribution in [2.75, 3.05) is 0 Å². The molecule has 0 amide bonds. The Morgan fingerprint density at radius 3 is 0.748 bits per heavy atom. The molecule has 0 radical (unpaired) electrons. The van der Waals surface area contributed by atoms with E-state index in [9.17, 15) is 0 Å². The van der Waals surface area contributed by atoms with Gasteiger partial charge in [-0.1, -0.05) is 404 Å². The number of fused-ring (bicyclic) bond motifs is 22. The number of pyridine rings is 1. The molecule has 0 aliphatic heterocycles. The number of hydrogen-bond acceptors (Lipinski definition) is 1. The summed E-state index contributed by atoms with van der Waals surface area (Å²) < 4.78 is 2.48. The highest BCUT2D eigenvalue weighted by molar-refractivity contribution is 6.12. The van der Waals surface area contributed by atoms with Crippen LogP contribution in [0.25, 0.3) is 183 Å². The maximum atomic E-state index is 4.97. The van der Waals surface area contributed by atoms with Crippen molar-refractivity contribution < 1.29 is 0 Å². The SMILES string of the molecule is CCCCCCC1(CCCCCC)c2ccccc2-c2ccc(-c3ccc4c(c3)C(C)(C)c3cc(-c5ccc6c(c5)C(C)(C)c5cc(-c7ccc8c(c7)c7cc(-c9ccc%10c(c9)C(C)(C)c9cc(-c%11ccc%12c(c%11)C(C)(C)c%11cc(-c%13ccc%14c(c%13)C(CCCCCC)(CCCCCC)c%13ccccc%13-%14)ccc%11-%12)ccc9-%10)ccc7n8-c7ccc(-c8nccc9ccccc89)cc7)ccc5-6)ccc3-4)cc21. The third-order valence-corrected chi connectivity index (χ3v) is 34.9. The molecule has 2 heteroatoms. The zero-order chi connectivity index (χ0) is 94.6. The fourth-order valence-corrected chi connectivity index (χ4v) is 27.2. The highest BCUT2D eigenvalue weighted by Crippen LogP contribution is 2.62. The van der Waals surface area contributed by atoms with Crippen molar-refractivity contribution in [1.29, 1.82) is 0 Å². The van der Waals surface area contributed by atoms with E-state index in [4.69, 9.17) is 4.98 Å². The van der Waals surface area contributed by atoms with Gasteiger partial charge < -0.3 is 4.57 Å². The molecule has 2 aromatic heterocycles. The molecule has 2 heterocycles. The van der Waals surface area contributed by atoms with Crippen LogP contribution in [0.15, 0.2) is 328 Å². The predicted octanol–water partition coefficient (Wildman–Crippen LogP) is 38.6. The average molecular weight is 1800 g/mol. The van der Waals surface area contributed by atoms with Crippen LogP contribution in [-0.2, 0) is 32.5 Å². The van der Waals surface area contributed by atoms with Crippen molar-refractivity contribution >= 4 is 32.6 Å². The zero-order valence-electron chi connectivity index (χ0n) is 83.7. The van der Waals surface area contributed by atoms with Crippen LogP contribution < -0.4 is 0 Å². The topological polar surface area (TPSA) is 17.8 Å². The van der Waals surface area contributed by atoms with Gasteiger partial charge in [-0.2, -0.15) is 0 Å². The van der Waals surface area contributed by atoms with Gasteiger partial charge in [-0.15, -0.1) is 0 Å². The van der Waals surface area contributed by atoms with E-state index in [1.54, 1.807) is 22.3 Å². The molecule has 0 bridgehead atoms. The number of benzene rings is 16. The van der Waals surface area contributed by atoms with Crippen LogP contribution in [0.4, 0.5) is 0 Å². The van der Waals surface area contributed by atoms with E-state index in [-0.39, 0.29) is 32.5 Å². The molecule has 24 rings (SSSR count). The van der Waals surface area contributed by atoms with Crippen molar-refractivity contribution in [3.8, 4) is 150 Å². The minimum Gasteiger partial charge on any atom is -0.309 e. The molecule has 139 heavy (non-hydrogen) atoms. The smallest absolute Gasteiger partial charge is 0.0780 e. The number of nitrogens with zero attached hydrogens (tertiary/aromatic N) is 2. The Balaban J connectivity index is 0.522. The van der Waals surface area contributed by atoms with E-state index in [0.29, 0.717) is 0 Å². The Bertz CT molecular complexity index is 7560. The summed E-state index contributed by atoms with van der Waals surface area (Å²) in [4.78, 5) is 4.97. The molecule has 0 unspecified atom stereocenters. The standard InChI is InChI=1S/C137H130N2/c1-13-17-21-31-70-136(71-32-22-18-14-2)117-39-29-27-37-103(117)113-65-51-99(85-127(113)136)97-49-63-111-109-61-47-95(81-123(109)134(9,10)125(111)83-97)93-45-59-107-105-57-43-91(77-119(105)132(5,6)121(107)79-93)89-53-67-129-115(75-89)116-76-90(54-68-130(116)139(129)101-55-41-88(42-56-101)131-102-36-26-25-35-87(102)69-74-138-131)92-44-58-106-108-60-46-94(80-122(108)133(7,8)120(106)78-92)96-48-62-110-112-64-50-98(84-126(112)135(11,12)124(110)82-96)100-52-66-114-104-38-28-30-40-118(104)137(128(114)86-100,72-33-23-19-15-3)73-34-24-20-16-4/h25-30,35-69,74-86H,13-24,31-34,70-73H2,1-12H3. The molecule has 6 aliphatic carbocycles. The van der Waals surface area contributed by atoms with Gasteiger partial charge in [-0.3, -0.25) is 4.98 Å². The molecule has 2 nitrogen and oxygen atoms in total. The first-order valence-corrected chi connectivity index (χ1v) is 52.9. The molecular weight excluding hydrogens is 1670 g/mol. The van der Waals surface area contributed by atoms with E-state index < -0.39 is 0 Å². The summed E-state index contributed by atoms with van der Waals surface area (Å²) in [7, 11) is 0. The van der Waals surface area contributed by atoms with Gasteiger partial charge in [-0.05, 0) is 334 Å². The third kappa shape index (κ3) is 14.2. The third-order valence-electron chi connectivity index (χ3n) is 34.9. The van der Waals surface area contributed by atoms with Gasteiger partial charge >= 0.3 is 0 Å². The van der Waals surface area contributed by atoms with Crippen molar-refractivity contribution in [3.63, 3.8) is 0 Å². The van der Waals surface area contributed by atoms with Crippen LogP contribution in [-0.4, -0.2) is 9.55 Å². The maximum Gasteiger partial charge on any atom is 0.0780 e. The van der Waals surface area contributed by atoms with E-state index in [0.717, 1.165) is 22.3 Å². The molecule has 6 aliphatic rings. The normalized spacial score (nSPS) is 15.3. The number of rotatable bonds is 28. The molecule has 0 atom stereocenters. The highest BCUT2D eigenvalue weighted by atomic mass is 15.0. The van der Waals surface area contributed by atoms with Crippen LogP contribution >= 0.6 is 0 Å². The van der Waals surface area contributed by atoms with Gasteiger partial charge in [0.1, 0.15) is 0 Å². The first-order chi connectivity index (χ1) is 67.7. The summed E-state index contributed by atoms with van der Waals surface area (Å²) in [6.07, 6.45) is 27.3. The number of hydrogen-bond donors (Lipinski definition) is 0. The van der Waals surface area contributed by atoms with Gasteiger partial charge in [-0.25, -0.2) is 0 Å². The van der Waals surface area contributed by atoms with Gasteiger partial charge in [0, 0.05) is 66.1 Å². The Hall–Kier alpha value is -13.3. The summed E-state index contributed by atoms with van der Waals surface area (Å²) in [6.45, 7) is 29.0. The molecule has 0 saturated carbocycles. The first kappa shape index (κ1) is 88.4.